The summed E-state index contributed by atoms with van der Waals surface area (Å²) in [5.41, 5.74) is 1.28. The zero-order valence-corrected chi connectivity index (χ0v) is 14.0. The molecule has 1 aromatic heterocycles. The minimum Gasteiger partial charge on any atom is -0.497 e. The summed E-state index contributed by atoms with van der Waals surface area (Å²) >= 11 is 0. The van der Waals surface area contributed by atoms with Gasteiger partial charge in [0.1, 0.15) is 5.75 Å². The van der Waals surface area contributed by atoms with E-state index in [9.17, 15) is 9.59 Å². The molecule has 0 aliphatic heterocycles. The van der Waals surface area contributed by atoms with Gasteiger partial charge in [0.05, 0.1) is 18.2 Å². The third-order valence-electron chi connectivity index (χ3n) is 3.58. The van der Waals surface area contributed by atoms with Crippen LogP contribution in [-0.2, 0) is 0 Å². The number of hydrogen-bond donors (Lipinski definition) is 2. The first-order valence-corrected chi connectivity index (χ1v) is 7.74. The molecule has 0 saturated heterocycles. The van der Waals surface area contributed by atoms with Crippen LogP contribution in [0, 0.1) is 0 Å². The van der Waals surface area contributed by atoms with Gasteiger partial charge < -0.3 is 15.4 Å². The number of rotatable bonds is 6. The molecule has 126 valence electrons. The molecule has 1 aromatic carbocycles. The van der Waals surface area contributed by atoms with Gasteiger partial charge in [-0.15, -0.1) is 0 Å². The van der Waals surface area contributed by atoms with Crippen LogP contribution in [0.2, 0.25) is 0 Å². The van der Waals surface area contributed by atoms with E-state index in [0.717, 1.165) is 6.42 Å². The van der Waals surface area contributed by atoms with Crippen LogP contribution in [0.4, 0.5) is 5.69 Å². The van der Waals surface area contributed by atoms with Gasteiger partial charge in [-0.05, 0) is 31.5 Å². The zero-order chi connectivity index (χ0) is 17.5. The number of benzene rings is 1. The Hall–Kier alpha value is -2.89. The summed E-state index contributed by atoms with van der Waals surface area (Å²) in [6.07, 6.45) is 3.70. The Morgan fingerprint density at radius 3 is 2.54 bits per heavy atom. The van der Waals surface area contributed by atoms with Crippen LogP contribution in [0.3, 0.4) is 0 Å². The molecule has 2 rings (SSSR count). The number of amides is 2. The average Bonchev–Trinajstić information content (AvgIpc) is 2.61. The molecule has 0 aliphatic rings. The normalized spacial score (nSPS) is 11.5. The highest BCUT2D eigenvalue weighted by Gasteiger charge is 2.13. The Balaban J connectivity index is 2.12. The first kappa shape index (κ1) is 17.5. The molecule has 0 bridgehead atoms. The number of hydrogen-bond acceptors (Lipinski definition) is 4. The summed E-state index contributed by atoms with van der Waals surface area (Å²) < 4.78 is 5.12. The van der Waals surface area contributed by atoms with E-state index in [1.807, 2.05) is 13.8 Å². The Bertz CT molecular complexity index is 731. The Labute approximate surface area is 141 Å². The van der Waals surface area contributed by atoms with Gasteiger partial charge in [-0.1, -0.05) is 13.0 Å². The van der Waals surface area contributed by atoms with E-state index in [1.165, 1.54) is 18.5 Å². The lowest BCUT2D eigenvalue weighted by Gasteiger charge is -2.12. The van der Waals surface area contributed by atoms with E-state index < -0.39 is 0 Å². The van der Waals surface area contributed by atoms with Crippen molar-refractivity contribution in [2.75, 3.05) is 12.4 Å². The number of methoxy groups -OCH3 is 1. The predicted molar refractivity (Wildman–Crippen MR) is 92.4 cm³/mol. The Kier molecular flexibility index (Phi) is 5.89. The highest BCUT2D eigenvalue weighted by atomic mass is 16.5. The first-order valence-electron chi connectivity index (χ1n) is 7.74. The van der Waals surface area contributed by atoms with Crippen molar-refractivity contribution in [3.63, 3.8) is 0 Å². The van der Waals surface area contributed by atoms with E-state index >= 15 is 0 Å². The maximum absolute atomic E-state index is 12.3. The summed E-state index contributed by atoms with van der Waals surface area (Å²) in [6, 6.07) is 8.63. The van der Waals surface area contributed by atoms with E-state index in [1.54, 1.807) is 31.4 Å². The molecule has 1 atom stereocenters. The largest absolute Gasteiger partial charge is 0.497 e. The first-order chi connectivity index (χ1) is 11.5. The molecule has 1 unspecified atom stereocenters. The van der Waals surface area contributed by atoms with Crippen LogP contribution in [0.25, 0.3) is 0 Å². The van der Waals surface area contributed by atoms with Crippen molar-refractivity contribution < 1.29 is 14.3 Å². The van der Waals surface area contributed by atoms with E-state index in [-0.39, 0.29) is 17.9 Å². The fraction of sp³-hybridized carbons (Fsp3) is 0.278. The van der Waals surface area contributed by atoms with Gasteiger partial charge in [-0.25, -0.2) is 0 Å². The van der Waals surface area contributed by atoms with Crippen LogP contribution < -0.4 is 15.4 Å². The smallest absolute Gasteiger partial charge is 0.257 e. The number of nitrogens with zero attached hydrogens (tertiary/aromatic N) is 1. The summed E-state index contributed by atoms with van der Waals surface area (Å²) in [5, 5.41) is 5.61. The molecule has 2 aromatic rings. The van der Waals surface area contributed by atoms with Crippen molar-refractivity contribution in [2.24, 2.45) is 0 Å². The summed E-state index contributed by atoms with van der Waals surface area (Å²) in [7, 11) is 1.56. The second-order valence-corrected chi connectivity index (χ2v) is 5.43. The molecule has 2 N–H and O–H groups in total. The fourth-order valence-electron chi connectivity index (χ4n) is 2.00. The highest BCUT2D eigenvalue weighted by Crippen LogP contribution is 2.17. The van der Waals surface area contributed by atoms with Crippen molar-refractivity contribution in [3.05, 3.63) is 53.9 Å². The van der Waals surface area contributed by atoms with Crippen molar-refractivity contribution in [1.82, 2.24) is 10.3 Å². The van der Waals surface area contributed by atoms with Crippen molar-refractivity contribution in [1.29, 1.82) is 0 Å². The highest BCUT2D eigenvalue weighted by molar-refractivity contribution is 6.05. The number of carbonyl (C=O) groups excluding carboxylic acids is 2. The van der Waals surface area contributed by atoms with E-state index in [0.29, 0.717) is 22.6 Å². The van der Waals surface area contributed by atoms with E-state index in [2.05, 4.69) is 15.6 Å². The average molecular weight is 327 g/mol. The van der Waals surface area contributed by atoms with Gasteiger partial charge in [-0.3, -0.25) is 14.6 Å². The lowest BCUT2D eigenvalue weighted by atomic mass is 10.1. The summed E-state index contributed by atoms with van der Waals surface area (Å²) in [5.74, 6) is 0.0643. The molecule has 6 heteroatoms. The van der Waals surface area contributed by atoms with Crippen molar-refractivity contribution >= 4 is 17.5 Å². The van der Waals surface area contributed by atoms with Crippen LogP contribution in [0.15, 0.2) is 42.7 Å². The maximum Gasteiger partial charge on any atom is 0.257 e. The molecular formula is C18H21N3O3. The van der Waals surface area contributed by atoms with Gasteiger partial charge in [0.25, 0.3) is 11.8 Å². The van der Waals surface area contributed by atoms with Gasteiger partial charge in [0.15, 0.2) is 0 Å². The minimum absolute atomic E-state index is 0.0618. The Morgan fingerprint density at radius 2 is 1.88 bits per heavy atom. The Morgan fingerprint density at radius 1 is 1.17 bits per heavy atom. The lowest BCUT2D eigenvalue weighted by molar-refractivity contribution is 0.0939. The standard InChI is InChI=1S/C18H21N3O3/c1-4-12(2)20-17(22)13-8-14(11-19-10-13)18(23)21-15-6-5-7-16(9-15)24-3/h5-12H,4H2,1-3H3,(H,20,22)(H,21,23). The van der Waals surface area contributed by atoms with Crippen LogP contribution in [0.1, 0.15) is 41.0 Å². The van der Waals surface area contributed by atoms with Gasteiger partial charge >= 0.3 is 0 Å². The quantitative estimate of drug-likeness (QED) is 0.855. The lowest BCUT2D eigenvalue weighted by Crippen LogP contribution is -2.32. The number of aromatic nitrogens is 1. The maximum atomic E-state index is 12.3. The second kappa shape index (κ2) is 8.10. The van der Waals surface area contributed by atoms with Gasteiger partial charge in [0.2, 0.25) is 0 Å². The molecular weight excluding hydrogens is 306 g/mol. The topological polar surface area (TPSA) is 80.3 Å². The molecule has 0 saturated carbocycles. The predicted octanol–water partition coefficient (Wildman–Crippen LogP) is 2.87. The third-order valence-corrected chi connectivity index (χ3v) is 3.58. The zero-order valence-electron chi connectivity index (χ0n) is 14.0. The van der Waals surface area contributed by atoms with Crippen LogP contribution in [-0.4, -0.2) is 29.9 Å². The number of anilines is 1. The number of pyridine rings is 1. The monoisotopic (exact) mass is 327 g/mol. The molecule has 6 nitrogen and oxygen atoms in total. The van der Waals surface area contributed by atoms with Crippen LogP contribution in [0.5, 0.6) is 5.75 Å². The van der Waals surface area contributed by atoms with Crippen molar-refractivity contribution in [3.8, 4) is 5.75 Å². The van der Waals surface area contributed by atoms with Crippen LogP contribution >= 0.6 is 0 Å². The molecule has 0 fully saturated rings. The fourth-order valence-corrected chi connectivity index (χ4v) is 2.00. The molecule has 0 spiro atoms. The van der Waals surface area contributed by atoms with Gasteiger partial charge in [-0.2, -0.15) is 0 Å². The molecule has 2 amide bonds. The van der Waals surface area contributed by atoms with E-state index in [4.69, 9.17) is 4.74 Å². The molecule has 24 heavy (non-hydrogen) atoms. The minimum atomic E-state index is -0.339. The third kappa shape index (κ3) is 4.55. The molecule has 1 heterocycles. The number of carbonyl (C=O) groups is 2. The number of ether oxygens (including phenoxy) is 1. The molecule has 0 aliphatic carbocycles. The molecule has 0 radical (unpaired) electrons. The summed E-state index contributed by atoms with van der Waals surface area (Å²) in [4.78, 5) is 28.5. The summed E-state index contributed by atoms with van der Waals surface area (Å²) in [6.45, 7) is 3.91. The van der Waals surface area contributed by atoms with Gasteiger partial charge in [0, 0.05) is 30.2 Å². The SMILES string of the molecule is CCC(C)NC(=O)c1cncc(C(=O)Nc2cccc(OC)c2)c1. The second-order valence-electron chi connectivity index (χ2n) is 5.43. The number of nitrogens with one attached hydrogen (secondary N) is 2. The van der Waals surface area contributed by atoms with Crippen molar-refractivity contribution in [2.45, 2.75) is 26.3 Å².